The van der Waals surface area contributed by atoms with Gasteiger partial charge in [0.05, 0.1) is 6.54 Å². The van der Waals surface area contributed by atoms with Crippen LogP contribution in [0.3, 0.4) is 0 Å². The van der Waals surface area contributed by atoms with E-state index in [1.807, 2.05) is 0 Å². The Morgan fingerprint density at radius 3 is 2.83 bits per heavy atom. The van der Waals surface area contributed by atoms with Crippen LogP contribution in [0.2, 0.25) is 0 Å². The zero-order chi connectivity index (χ0) is 9.14. The van der Waals surface area contributed by atoms with E-state index in [9.17, 15) is 9.18 Å². The lowest BCUT2D eigenvalue weighted by atomic mass is 10.2. The summed E-state index contributed by atoms with van der Waals surface area (Å²) >= 11 is 0. The first-order valence-corrected chi connectivity index (χ1v) is 4.00. The first-order chi connectivity index (χ1) is 5.63. The second-order valence-corrected chi connectivity index (χ2v) is 3.12. The minimum absolute atomic E-state index is 0.0208. The highest BCUT2D eigenvalue weighted by Crippen LogP contribution is 2.18. The third-order valence-corrected chi connectivity index (χ3v) is 2.11. The minimum atomic E-state index is -0.863. The maximum atomic E-state index is 12.8. The van der Waals surface area contributed by atoms with Gasteiger partial charge in [-0.2, -0.15) is 0 Å². The number of hydrogen-bond acceptors (Lipinski definition) is 3. The van der Waals surface area contributed by atoms with Gasteiger partial charge in [0.1, 0.15) is 6.17 Å². The number of alkyl halides is 1. The van der Waals surface area contributed by atoms with Crippen LogP contribution in [0.5, 0.6) is 0 Å². The summed E-state index contributed by atoms with van der Waals surface area (Å²) in [5, 5.41) is 0. The van der Waals surface area contributed by atoms with Gasteiger partial charge in [-0.3, -0.25) is 9.69 Å². The molecule has 70 valence electrons. The second kappa shape index (κ2) is 3.82. The maximum absolute atomic E-state index is 12.8. The molecule has 0 aromatic rings. The first kappa shape index (κ1) is 9.41. The molecule has 1 rings (SSSR count). The van der Waals surface area contributed by atoms with Crippen molar-refractivity contribution in [2.45, 2.75) is 18.6 Å². The molecule has 1 fully saturated rings. The smallest absolute Gasteiger partial charge is 0.231 e. The number of likely N-dealkylation sites (tertiary alicyclic amines) is 1. The Morgan fingerprint density at radius 1 is 1.67 bits per heavy atom. The van der Waals surface area contributed by atoms with Gasteiger partial charge < -0.3 is 11.5 Å². The fourth-order valence-electron chi connectivity index (χ4n) is 1.56. The number of nitrogens with zero attached hydrogens (tertiary/aromatic N) is 1. The van der Waals surface area contributed by atoms with E-state index in [2.05, 4.69) is 0 Å². The molecule has 2 atom stereocenters. The van der Waals surface area contributed by atoms with Gasteiger partial charge in [-0.1, -0.05) is 0 Å². The van der Waals surface area contributed by atoms with Crippen molar-refractivity contribution in [3.8, 4) is 0 Å². The number of amides is 1. The predicted molar refractivity (Wildman–Crippen MR) is 43.1 cm³/mol. The van der Waals surface area contributed by atoms with E-state index in [1.165, 1.54) is 0 Å². The summed E-state index contributed by atoms with van der Waals surface area (Å²) in [7, 11) is 0. The van der Waals surface area contributed by atoms with Gasteiger partial charge in [-0.05, 0) is 6.42 Å². The third-order valence-electron chi connectivity index (χ3n) is 2.11. The first-order valence-electron chi connectivity index (χ1n) is 4.00. The van der Waals surface area contributed by atoms with Crippen molar-refractivity contribution in [2.24, 2.45) is 11.5 Å². The lowest BCUT2D eigenvalue weighted by Crippen LogP contribution is -2.40. The number of nitrogens with two attached hydrogens (primary N) is 2. The van der Waals surface area contributed by atoms with Crippen LogP contribution in [0.25, 0.3) is 0 Å². The molecule has 0 aliphatic carbocycles. The van der Waals surface area contributed by atoms with Crippen LogP contribution in [0.1, 0.15) is 6.42 Å². The molecular weight excluding hydrogens is 161 g/mol. The van der Waals surface area contributed by atoms with Gasteiger partial charge in [0, 0.05) is 19.1 Å². The molecule has 1 amide bonds. The van der Waals surface area contributed by atoms with E-state index in [-0.39, 0.29) is 19.1 Å². The molecule has 12 heavy (non-hydrogen) atoms. The second-order valence-electron chi connectivity index (χ2n) is 3.12. The average molecular weight is 175 g/mol. The highest BCUT2D eigenvalue weighted by molar-refractivity contribution is 5.76. The van der Waals surface area contributed by atoms with Crippen molar-refractivity contribution in [1.82, 2.24) is 4.90 Å². The summed E-state index contributed by atoms with van der Waals surface area (Å²) in [5.74, 6) is -0.428. The summed E-state index contributed by atoms with van der Waals surface area (Å²) in [6, 6.07) is -0.0208. The molecule has 1 aliphatic rings. The van der Waals surface area contributed by atoms with Crippen molar-refractivity contribution in [3.63, 3.8) is 0 Å². The maximum Gasteiger partial charge on any atom is 0.231 e. The number of primary amides is 1. The van der Waals surface area contributed by atoms with Crippen molar-refractivity contribution in [2.75, 3.05) is 19.6 Å². The number of rotatable bonds is 3. The zero-order valence-corrected chi connectivity index (χ0v) is 6.87. The Hall–Kier alpha value is -0.680. The number of carbonyl (C=O) groups excluding carboxylic acids is 1. The Morgan fingerprint density at radius 2 is 2.33 bits per heavy atom. The van der Waals surface area contributed by atoms with Crippen LogP contribution in [0.15, 0.2) is 0 Å². The molecule has 0 radical (unpaired) electrons. The molecule has 0 aromatic carbocycles. The van der Waals surface area contributed by atoms with E-state index in [4.69, 9.17) is 11.5 Å². The van der Waals surface area contributed by atoms with Gasteiger partial charge in [-0.15, -0.1) is 0 Å². The molecule has 4 N–H and O–H groups in total. The lowest BCUT2D eigenvalue weighted by Gasteiger charge is -2.20. The molecular formula is C7H14FN3O. The molecule has 1 heterocycles. The molecule has 0 saturated carbocycles. The van der Waals surface area contributed by atoms with Gasteiger partial charge in [0.2, 0.25) is 5.91 Å². The van der Waals surface area contributed by atoms with Crippen molar-refractivity contribution < 1.29 is 9.18 Å². The molecule has 2 unspecified atom stereocenters. The summed E-state index contributed by atoms with van der Waals surface area (Å²) in [6.45, 7) is 0.779. The monoisotopic (exact) mass is 175 g/mol. The van der Waals surface area contributed by atoms with E-state index in [0.29, 0.717) is 13.0 Å². The average Bonchev–Trinajstić information content (AvgIpc) is 2.29. The largest absolute Gasteiger partial charge is 0.369 e. The summed E-state index contributed by atoms with van der Waals surface area (Å²) in [5.41, 5.74) is 10.4. The molecule has 1 aliphatic heterocycles. The van der Waals surface area contributed by atoms with Gasteiger partial charge in [-0.25, -0.2) is 4.39 Å². The summed E-state index contributed by atoms with van der Waals surface area (Å²) in [6.07, 6.45) is -0.443. The van der Waals surface area contributed by atoms with Crippen molar-refractivity contribution >= 4 is 5.91 Å². The highest BCUT2D eigenvalue weighted by atomic mass is 19.1. The fraction of sp³-hybridized carbons (Fsp3) is 0.857. The molecule has 0 spiro atoms. The Kier molecular flexibility index (Phi) is 2.99. The Balaban J connectivity index is 2.46. The number of halogens is 1. The van der Waals surface area contributed by atoms with Crippen LogP contribution in [0.4, 0.5) is 4.39 Å². The third kappa shape index (κ3) is 2.15. The standard InChI is InChI=1S/C7H14FN3O/c8-5-1-6(2-9)11(3-5)4-7(10)12/h5-6H,1-4,9H2,(H2,10,12). The van der Waals surface area contributed by atoms with Gasteiger partial charge in [0.25, 0.3) is 0 Å². The molecule has 0 aromatic heterocycles. The topological polar surface area (TPSA) is 72.3 Å². The normalized spacial score (nSPS) is 30.8. The van der Waals surface area contributed by atoms with Gasteiger partial charge in [0.15, 0.2) is 0 Å². The SMILES string of the molecule is NCC1CC(F)CN1CC(N)=O. The zero-order valence-electron chi connectivity index (χ0n) is 6.87. The number of hydrogen-bond donors (Lipinski definition) is 2. The lowest BCUT2D eigenvalue weighted by molar-refractivity contribution is -0.119. The van der Waals surface area contributed by atoms with E-state index in [0.717, 1.165) is 0 Å². The van der Waals surface area contributed by atoms with Crippen molar-refractivity contribution in [1.29, 1.82) is 0 Å². The van der Waals surface area contributed by atoms with E-state index >= 15 is 0 Å². The fourth-order valence-corrected chi connectivity index (χ4v) is 1.56. The quantitative estimate of drug-likeness (QED) is 0.568. The Bertz CT molecular complexity index is 176. The van der Waals surface area contributed by atoms with E-state index in [1.54, 1.807) is 4.90 Å². The molecule has 0 bridgehead atoms. The van der Waals surface area contributed by atoms with Crippen LogP contribution < -0.4 is 11.5 Å². The summed E-state index contributed by atoms with van der Waals surface area (Å²) in [4.78, 5) is 12.2. The number of carbonyl (C=O) groups is 1. The summed E-state index contributed by atoms with van der Waals surface area (Å²) < 4.78 is 12.8. The predicted octanol–water partition coefficient (Wildman–Crippen LogP) is -1.16. The highest BCUT2D eigenvalue weighted by Gasteiger charge is 2.31. The van der Waals surface area contributed by atoms with Crippen LogP contribution in [-0.4, -0.2) is 42.7 Å². The van der Waals surface area contributed by atoms with Crippen LogP contribution in [-0.2, 0) is 4.79 Å². The van der Waals surface area contributed by atoms with Gasteiger partial charge >= 0.3 is 0 Å². The van der Waals surface area contributed by atoms with E-state index < -0.39 is 12.1 Å². The molecule has 5 heteroatoms. The van der Waals surface area contributed by atoms with Crippen LogP contribution >= 0.6 is 0 Å². The molecule has 1 saturated heterocycles. The Labute approximate surface area is 70.7 Å². The molecule has 4 nitrogen and oxygen atoms in total. The minimum Gasteiger partial charge on any atom is -0.369 e. The van der Waals surface area contributed by atoms with Crippen molar-refractivity contribution in [3.05, 3.63) is 0 Å². The van der Waals surface area contributed by atoms with Crippen LogP contribution in [0, 0.1) is 0 Å².